The second kappa shape index (κ2) is 7.43. The highest BCUT2D eigenvalue weighted by Crippen LogP contribution is 2.27. The molecule has 1 heterocycles. The molecule has 0 radical (unpaired) electrons. The fourth-order valence-corrected chi connectivity index (χ4v) is 2.20. The molecule has 2 aromatic rings. The Labute approximate surface area is 142 Å². The van der Waals surface area contributed by atoms with Crippen LogP contribution in [0, 0.1) is 0 Å². The SMILES string of the molecule is O=C(Cn1cc(C(F)(F)F)ccc1=O)N/N=C\c1cccc(Br)c1. The van der Waals surface area contributed by atoms with Crippen LogP contribution in [-0.4, -0.2) is 16.7 Å². The number of hydrogen-bond acceptors (Lipinski definition) is 3. The Kier molecular flexibility index (Phi) is 5.55. The van der Waals surface area contributed by atoms with Gasteiger partial charge in [-0.1, -0.05) is 28.1 Å². The molecule has 0 aliphatic rings. The summed E-state index contributed by atoms with van der Waals surface area (Å²) in [6.07, 6.45) is -2.62. The summed E-state index contributed by atoms with van der Waals surface area (Å²) in [6.45, 7) is -0.571. The van der Waals surface area contributed by atoms with Gasteiger partial charge in [0.2, 0.25) is 0 Å². The highest BCUT2D eigenvalue weighted by molar-refractivity contribution is 9.10. The number of rotatable bonds is 4. The number of amides is 1. The maximum Gasteiger partial charge on any atom is 0.417 e. The van der Waals surface area contributed by atoms with Gasteiger partial charge in [0.05, 0.1) is 11.8 Å². The molecule has 5 nitrogen and oxygen atoms in total. The maximum absolute atomic E-state index is 12.6. The summed E-state index contributed by atoms with van der Waals surface area (Å²) in [6, 6.07) is 8.53. The molecule has 1 aromatic heterocycles. The summed E-state index contributed by atoms with van der Waals surface area (Å²) in [5.41, 5.74) is 1.15. The zero-order valence-electron chi connectivity index (χ0n) is 12.0. The van der Waals surface area contributed by atoms with Crippen molar-refractivity contribution in [3.8, 4) is 0 Å². The predicted molar refractivity (Wildman–Crippen MR) is 85.6 cm³/mol. The lowest BCUT2D eigenvalue weighted by Crippen LogP contribution is -2.30. The standard InChI is InChI=1S/C15H11BrF3N3O2/c16-12-3-1-2-10(6-12)7-20-21-13(23)9-22-8-11(15(17,18)19)4-5-14(22)24/h1-8H,9H2,(H,21,23)/b20-7-. The van der Waals surface area contributed by atoms with Gasteiger partial charge in [0.25, 0.3) is 11.5 Å². The Morgan fingerprint density at radius 2 is 2.04 bits per heavy atom. The van der Waals surface area contributed by atoms with Gasteiger partial charge >= 0.3 is 6.18 Å². The number of hydrogen-bond donors (Lipinski definition) is 1. The summed E-state index contributed by atoms with van der Waals surface area (Å²) in [5, 5.41) is 3.70. The fourth-order valence-electron chi connectivity index (χ4n) is 1.78. The van der Waals surface area contributed by atoms with Crippen LogP contribution in [0.5, 0.6) is 0 Å². The molecule has 1 aromatic carbocycles. The predicted octanol–water partition coefficient (Wildman–Crippen LogP) is 2.78. The molecule has 126 valence electrons. The quantitative estimate of drug-likeness (QED) is 0.632. The van der Waals surface area contributed by atoms with Crippen LogP contribution in [0.1, 0.15) is 11.1 Å². The fraction of sp³-hybridized carbons (Fsp3) is 0.133. The van der Waals surface area contributed by atoms with E-state index < -0.39 is 29.8 Å². The Hall–Kier alpha value is -2.42. The molecule has 1 N–H and O–H groups in total. The number of alkyl halides is 3. The number of aromatic nitrogens is 1. The topological polar surface area (TPSA) is 63.5 Å². The number of pyridine rings is 1. The second-order valence-corrected chi connectivity index (χ2v) is 5.65. The van der Waals surface area contributed by atoms with E-state index in [0.717, 1.165) is 10.5 Å². The highest BCUT2D eigenvalue weighted by atomic mass is 79.9. The average Bonchev–Trinajstić information content (AvgIpc) is 2.48. The van der Waals surface area contributed by atoms with Crippen LogP contribution in [0.2, 0.25) is 0 Å². The molecule has 0 saturated carbocycles. The lowest BCUT2D eigenvalue weighted by atomic mass is 10.2. The van der Waals surface area contributed by atoms with Crippen LogP contribution in [0.15, 0.2) is 57.0 Å². The Morgan fingerprint density at radius 1 is 1.29 bits per heavy atom. The van der Waals surface area contributed by atoms with Crippen LogP contribution >= 0.6 is 15.9 Å². The van der Waals surface area contributed by atoms with Gasteiger partial charge in [0.15, 0.2) is 0 Å². The molecule has 0 aliphatic heterocycles. The monoisotopic (exact) mass is 401 g/mol. The summed E-state index contributed by atoms with van der Waals surface area (Å²) in [7, 11) is 0. The van der Waals surface area contributed by atoms with Crippen molar-refractivity contribution in [2.24, 2.45) is 5.10 Å². The first-order valence-corrected chi connectivity index (χ1v) is 7.40. The first kappa shape index (κ1) is 17.9. The molecule has 9 heteroatoms. The van der Waals surface area contributed by atoms with Gasteiger partial charge in [-0.3, -0.25) is 9.59 Å². The van der Waals surface area contributed by atoms with E-state index in [1.165, 1.54) is 6.21 Å². The number of nitrogens with zero attached hydrogens (tertiary/aromatic N) is 2. The van der Waals surface area contributed by atoms with E-state index in [1.54, 1.807) is 18.2 Å². The van der Waals surface area contributed by atoms with Gasteiger partial charge in [0.1, 0.15) is 6.54 Å². The number of carbonyl (C=O) groups is 1. The van der Waals surface area contributed by atoms with E-state index in [0.29, 0.717) is 22.4 Å². The van der Waals surface area contributed by atoms with Crippen molar-refractivity contribution in [3.05, 3.63) is 68.5 Å². The van der Waals surface area contributed by atoms with Crippen molar-refractivity contribution >= 4 is 28.1 Å². The highest BCUT2D eigenvalue weighted by Gasteiger charge is 2.31. The summed E-state index contributed by atoms with van der Waals surface area (Å²) in [5.74, 6) is -0.720. The summed E-state index contributed by atoms with van der Waals surface area (Å²) in [4.78, 5) is 23.2. The second-order valence-electron chi connectivity index (χ2n) is 4.73. The third-order valence-electron chi connectivity index (χ3n) is 2.88. The molecule has 0 aliphatic carbocycles. The van der Waals surface area contributed by atoms with Gasteiger partial charge in [-0.05, 0) is 23.8 Å². The van der Waals surface area contributed by atoms with Crippen molar-refractivity contribution in [2.75, 3.05) is 0 Å². The molecule has 1 amide bonds. The van der Waals surface area contributed by atoms with Gasteiger partial charge in [0, 0.05) is 16.7 Å². The number of benzene rings is 1. The van der Waals surface area contributed by atoms with E-state index in [2.05, 4.69) is 26.5 Å². The van der Waals surface area contributed by atoms with Crippen molar-refractivity contribution in [2.45, 2.75) is 12.7 Å². The Bertz CT molecular complexity index is 831. The van der Waals surface area contributed by atoms with Crippen molar-refractivity contribution in [3.63, 3.8) is 0 Å². The average molecular weight is 402 g/mol. The van der Waals surface area contributed by atoms with Crippen LogP contribution in [-0.2, 0) is 17.5 Å². The third kappa shape index (κ3) is 5.05. The molecule has 0 unspecified atom stereocenters. The van der Waals surface area contributed by atoms with Crippen LogP contribution in [0.4, 0.5) is 13.2 Å². The first-order valence-electron chi connectivity index (χ1n) is 6.61. The number of nitrogens with one attached hydrogen (secondary N) is 1. The Balaban J connectivity index is 2.03. The van der Waals surface area contributed by atoms with Gasteiger partial charge in [-0.25, -0.2) is 5.43 Å². The van der Waals surface area contributed by atoms with Gasteiger partial charge in [-0.2, -0.15) is 18.3 Å². The van der Waals surface area contributed by atoms with E-state index in [9.17, 15) is 22.8 Å². The lowest BCUT2D eigenvalue weighted by molar-refractivity contribution is -0.138. The van der Waals surface area contributed by atoms with Crippen LogP contribution in [0.3, 0.4) is 0 Å². The molecule has 2 rings (SSSR count). The molecule has 0 atom stereocenters. The minimum atomic E-state index is -4.59. The van der Waals surface area contributed by atoms with E-state index in [1.807, 2.05) is 6.07 Å². The number of halogens is 4. The van der Waals surface area contributed by atoms with E-state index in [4.69, 9.17) is 0 Å². The smallest absolute Gasteiger partial charge is 0.305 e. The van der Waals surface area contributed by atoms with Crippen molar-refractivity contribution < 1.29 is 18.0 Å². The number of carbonyl (C=O) groups excluding carboxylic acids is 1. The maximum atomic E-state index is 12.6. The summed E-state index contributed by atoms with van der Waals surface area (Å²) < 4.78 is 39.4. The molecular weight excluding hydrogens is 391 g/mol. The summed E-state index contributed by atoms with van der Waals surface area (Å²) >= 11 is 3.28. The van der Waals surface area contributed by atoms with Gasteiger partial charge < -0.3 is 4.57 Å². The van der Waals surface area contributed by atoms with E-state index in [-0.39, 0.29) is 0 Å². The molecular formula is C15H11BrF3N3O2. The zero-order chi connectivity index (χ0) is 17.7. The van der Waals surface area contributed by atoms with Crippen molar-refractivity contribution in [1.29, 1.82) is 0 Å². The number of hydrazone groups is 1. The lowest BCUT2D eigenvalue weighted by Gasteiger charge is -2.09. The molecule has 24 heavy (non-hydrogen) atoms. The molecule has 0 fully saturated rings. The van der Waals surface area contributed by atoms with Gasteiger partial charge in [-0.15, -0.1) is 0 Å². The molecule has 0 bridgehead atoms. The largest absolute Gasteiger partial charge is 0.417 e. The third-order valence-corrected chi connectivity index (χ3v) is 3.37. The molecule has 0 saturated heterocycles. The first-order chi connectivity index (χ1) is 11.3. The van der Waals surface area contributed by atoms with Crippen LogP contribution < -0.4 is 11.0 Å². The Morgan fingerprint density at radius 3 is 2.71 bits per heavy atom. The minimum absolute atomic E-state index is 0.571. The van der Waals surface area contributed by atoms with Crippen LogP contribution in [0.25, 0.3) is 0 Å². The normalized spacial score (nSPS) is 11.7. The van der Waals surface area contributed by atoms with E-state index >= 15 is 0 Å². The zero-order valence-corrected chi connectivity index (χ0v) is 13.6. The van der Waals surface area contributed by atoms with Crippen molar-refractivity contribution in [1.82, 2.24) is 9.99 Å². The molecule has 0 spiro atoms. The minimum Gasteiger partial charge on any atom is -0.305 e.